The highest BCUT2D eigenvalue weighted by Gasteiger charge is 2.32. The van der Waals surface area contributed by atoms with E-state index in [1.807, 2.05) is 0 Å². The number of nitrogen functional groups attached to an aromatic ring is 1. The van der Waals surface area contributed by atoms with E-state index in [1.165, 1.54) is 26.5 Å². The fourth-order valence-electron chi connectivity index (χ4n) is 5.03. The minimum atomic E-state index is -1.01. The van der Waals surface area contributed by atoms with Crippen molar-refractivity contribution in [1.82, 2.24) is 24.6 Å². The van der Waals surface area contributed by atoms with Gasteiger partial charge in [0.1, 0.15) is 17.1 Å². The van der Waals surface area contributed by atoms with Gasteiger partial charge in [-0.2, -0.15) is 5.10 Å². The highest BCUT2D eigenvalue weighted by atomic mass is 19.1. The molecule has 0 saturated carbocycles. The normalized spacial score (nSPS) is 16.8. The number of aromatic nitrogens is 3. The van der Waals surface area contributed by atoms with Crippen LogP contribution in [0.4, 0.5) is 14.6 Å². The minimum Gasteiger partial charge on any atom is -0.493 e. The van der Waals surface area contributed by atoms with Crippen LogP contribution in [0.15, 0.2) is 24.9 Å². The number of benzene rings is 1. The zero-order valence-electron chi connectivity index (χ0n) is 22.6. The SMILES string of the molecule is C=CC(=O)N1CCC(n2nc(C#Cc3c(F)c(OC)cc(OC)c3F)c3c(N)ncc(C(=O)N4CCOCC4)c32)C1. The fourth-order valence-corrected chi connectivity index (χ4v) is 5.03. The molecule has 11 nitrogen and oxygen atoms in total. The van der Waals surface area contributed by atoms with Crippen LogP contribution in [0.25, 0.3) is 10.9 Å². The van der Waals surface area contributed by atoms with Crippen LogP contribution < -0.4 is 15.2 Å². The Bertz CT molecular complexity index is 1580. The number of ether oxygens (including phenoxy) is 3. The quantitative estimate of drug-likeness (QED) is 0.368. The van der Waals surface area contributed by atoms with Crippen LogP contribution in [-0.4, -0.2) is 90.0 Å². The van der Waals surface area contributed by atoms with E-state index in [2.05, 4.69) is 28.5 Å². The first-order valence-electron chi connectivity index (χ1n) is 12.9. The standard InChI is InChI=1S/C28H28F2N6O5/c1-4-22(37)35-8-7-16(15-35)36-26-18(28(38)34-9-11-41-12-10-34)14-32-27(31)23(26)19(33-36)6-5-17-24(29)20(39-2)13-21(40-3)25(17)30/h4,13-14,16H,1,7-12,15H2,2-3H3,(H2,31,32). The van der Waals surface area contributed by atoms with Gasteiger partial charge in [0.15, 0.2) is 23.1 Å². The Morgan fingerprint density at radius 3 is 2.44 bits per heavy atom. The number of carbonyl (C=O) groups excluding carboxylic acids is 2. The van der Waals surface area contributed by atoms with Crippen molar-refractivity contribution in [2.45, 2.75) is 12.5 Å². The molecule has 2 aliphatic rings. The molecule has 0 bridgehead atoms. The maximum Gasteiger partial charge on any atom is 0.257 e. The van der Waals surface area contributed by atoms with Crippen molar-refractivity contribution in [1.29, 1.82) is 0 Å². The van der Waals surface area contributed by atoms with Crippen LogP contribution in [0.1, 0.15) is 34.1 Å². The number of hydrogen-bond donors (Lipinski definition) is 1. The zero-order chi connectivity index (χ0) is 29.3. The minimum absolute atomic E-state index is 0.0373. The molecule has 2 N–H and O–H groups in total. The number of amides is 2. The van der Waals surface area contributed by atoms with Crippen LogP contribution in [0.3, 0.4) is 0 Å². The van der Waals surface area contributed by atoms with Gasteiger partial charge < -0.3 is 29.7 Å². The van der Waals surface area contributed by atoms with E-state index in [0.717, 1.165) is 6.07 Å². The highest BCUT2D eigenvalue weighted by Crippen LogP contribution is 2.34. The fraction of sp³-hybridized carbons (Fsp3) is 0.357. The van der Waals surface area contributed by atoms with Crippen molar-refractivity contribution in [2.75, 3.05) is 59.3 Å². The lowest BCUT2D eigenvalue weighted by molar-refractivity contribution is -0.125. The Labute approximate surface area is 234 Å². The van der Waals surface area contributed by atoms with Gasteiger partial charge in [0, 0.05) is 38.4 Å². The highest BCUT2D eigenvalue weighted by molar-refractivity contribution is 6.09. The molecule has 0 radical (unpaired) electrons. The van der Waals surface area contributed by atoms with Gasteiger partial charge >= 0.3 is 0 Å². The van der Waals surface area contributed by atoms with E-state index in [4.69, 9.17) is 19.9 Å². The zero-order valence-corrected chi connectivity index (χ0v) is 22.6. The number of carbonyl (C=O) groups is 2. The second kappa shape index (κ2) is 11.4. The van der Waals surface area contributed by atoms with Crippen LogP contribution in [-0.2, 0) is 9.53 Å². The van der Waals surface area contributed by atoms with E-state index in [1.54, 1.807) is 14.5 Å². The van der Waals surface area contributed by atoms with E-state index in [9.17, 15) is 9.59 Å². The molecule has 2 amide bonds. The second-order valence-electron chi connectivity index (χ2n) is 9.44. The number of hydrogen-bond acceptors (Lipinski definition) is 8. The van der Waals surface area contributed by atoms with E-state index >= 15 is 8.78 Å². The third-order valence-corrected chi connectivity index (χ3v) is 7.16. The number of methoxy groups -OCH3 is 2. The largest absolute Gasteiger partial charge is 0.493 e. The molecule has 214 valence electrons. The van der Waals surface area contributed by atoms with Gasteiger partial charge in [0.05, 0.1) is 49.9 Å². The molecule has 1 atom stereocenters. The summed E-state index contributed by atoms with van der Waals surface area (Å²) in [5, 5.41) is 4.92. The van der Waals surface area contributed by atoms with E-state index in [-0.39, 0.29) is 51.8 Å². The van der Waals surface area contributed by atoms with Crippen molar-refractivity contribution in [3.8, 4) is 23.3 Å². The number of nitrogens with two attached hydrogens (primary N) is 1. The van der Waals surface area contributed by atoms with Gasteiger partial charge in [0.2, 0.25) is 5.91 Å². The Morgan fingerprint density at radius 2 is 1.80 bits per heavy atom. The molecule has 1 aromatic carbocycles. The summed E-state index contributed by atoms with van der Waals surface area (Å²) in [4.78, 5) is 33.4. The van der Waals surface area contributed by atoms with Crippen molar-refractivity contribution in [2.24, 2.45) is 0 Å². The number of morpholine rings is 1. The molecular weight excluding hydrogens is 538 g/mol. The maximum atomic E-state index is 15.0. The predicted octanol–water partition coefficient (Wildman–Crippen LogP) is 2.14. The van der Waals surface area contributed by atoms with Gasteiger partial charge in [-0.3, -0.25) is 14.3 Å². The second-order valence-corrected chi connectivity index (χ2v) is 9.44. The predicted molar refractivity (Wildman–Crippen MR) is 145 cm³/mol. The number of halogens is 2. The Hall–Kier alpha value is -4.70. The summed E-state index contributed by atoms with van der Waals surface area (Å²) in [6, 6.07) is 0.752. The summed E-state index contributed by atoms with van der Waals surface area (Å²) in [5.74, 6) is 2.24. The molecule has 2 fully saturated rings. The first-order valence-corrected chi connectivity index (χ1v) is 12.9. The van der Waals surface area contributed by atoms with Crippen LogP contribution >= 0.6 is 0 Å². The number of pyridine rings is 1. The first kappa shape index (κ1) is 27.9. The van der Waals surface area contributed by atoms with E-state index in [0.29, 0.717) is 51.3 Å². The molecule has 41 heavy (non-hydrogen) atoms. The number of anilines is 1. The summed E-state index contributed by atoms with van der Waals surface area (Å²) in [5.41, 5.74) is 6.39. The molecule has 4 heterocycles. The summed E-state index contributed by atoms with van der Waals surface area (Å²) >= 11 is 0. The average molecular weight is 567 g/mol. The molecule has 2 aliphatic heterocycles. The lowest BCUT2D eigenvalue weighted by atomic mass is 10.1. The number of fused-ring (bicyclic) bond motifs is 1. The van der Waals surface area contributed by atoms with Gasteiger partial charge in [-0.15, -0.1) is 0 Å². The van der Waals surface area contributed by atoms with Crippen molar-refractivity contribution >= 4 is 28.5 Å². The monoisotopic (exact) mass is 566 g/mol. The molecule has 2 aromatic heterocycles. The lowest BCUT2D eigenvalue weighted by Gasteiger charge is -2.27. The maximum absolute atomic E-state index is 15.0. The third kappa shape index (κ3) is 5.02. The van der Waals surface area contributed by atoms with E-state index < -0.39 is 17.2 Å². The summed E-state index contributed by atoms with van der Waals surface area (Å²) in [6.07, 6.45) is 3.16. The summed E-state index contributed by atoms with van der Waals surface area (Å²) in [6.45, 7) is 5.90. The first-order chi connectivity index (χ1) is 19.8. The van der Waals surface area contributed by atoms with Crippen LogP contribution in [0, 0.1) is 23.5 Å². The average Bonchev–Trinajstić information content (AvgIpc) is 3.63. The molecular formula is C28H28F2N6O5. The molecule has 0 spiro atoms. The summed E-state index contributed by atoms with van der Waals surface area (Å²) < 4.78 is 47.1. The molecule has 3 aromatic rings. The van der Waals surface area contributed by atoms with Crippen molar-refractivity contribution in [3.63, 3.8) is 0 Å². The molecule has 5 rings (SSSR count). The molecule has 1 unspecified atom stereocenters. The molecule has 13 heteroatoms. The number of rotatable bonds is 5. The van der Waals surface area contributed by atoms with Gasteiger partial charge in [-0.1, -0.05) is 12.5 Å². The lowest BCUT2D eigenvalue weighted by Crippen LogP contribution is -2.41. The third-order valence-electron chi connectivity index (χ3n) is 7.16. The molecule has 2 saturated heterocycles. The van der Waals surface area contributed by atoms with Crippen LogP contribution in [0.2, 0.25) is 0 Å². The van der Waals surface area contributed by atoms with Gasteiger partial charge in [-0.25, -0.2) is 13.8 Å². The topological polar surface area (TPSA) is 125 Å². The summed E-state index contributed by atoms with van der Waals surface area (Å²) in [7, 11) is 2.48. The van der Waals surface area contributed by atoms with Crippen molar-refractivity contribution < 1.29 is 32.6 Å². The van der Waals surface area contributed by atoms with Crippen molar-refractivity contribution in [3.05, 3.63) is 53.4 Å². The van der Waals surface area contributed by atoms with Gasteiger partial charge in [0.25, 0.3) is 5.91 Å². The Balaban J connectivity index is 1.69. The number of likely N-dealkylation sites (tertiary alicyclic amines) is 1. The Morgan fingerprint density at radius 1 is 1.12 bits per heavy atom. The molecule has 0 aliphatic carbocycles. The smallest absolute Gasteiger partial charge is 0.257 e. The van der Waals surface area contributed by atoms with Crippen LogP contribution in [0.5, 0.6) is 11.5 Å². The Kier molecular flexibility index (Phi) is 7.76. The van der Waals surface area contributed by atoms with Gasteiger partial charge in [-0.05, 0) is 18.4 Å². The number of nitrogens with zero attached hydrogens (tertiary/aromatic N) is 5.